The first-order chi connectivity index (χ1) is 14.5. The predicted molar refractivity (Wildman–Crippen MR) is 117 cm³/mol. The lowest BCUT2D eigenvalue weighted by Crippen LogP contribution is -2.34. The number of nitrogens with one attached hydrogen (secondary N) is 3. The average Bonchev–Trinajstić information content (AvgIpc) is 2.66. The number of alkyl carbamates (subject to hydrolysis) is 1. The first-order valence-corrected chi connectivity index (χ1v) is 10.0. The number of rotatable bonds is 7. The summed E-state index contributed by atoms with van der Waals surface area (Å²) in [6, 6.07) is 10.8. The third-order valence-electron chi connectivity index (χ3n) is 3.90. The quantitative estimate of drug-likeness (QED) is 0.588. The van der Waals surface area contributed by atoms with E-state index in [1.807, 2.05) is 0 Å². The monoisotopic (exact) mass is 449 g/mol. The van der Waals surface area contributed by atoms with Gasteiger partial charge in [0.25, 0.3) is 5.91 Å². The predicted octanol–water partition coefficient (Wildman–Crippen LogP) is 4.26. The van der Waals surface area contributed by atoms with E-state index < -0.39 is 23.4 Å². The molecule has 0 bridgehead atoms. The highest BCUT2D eigenvalue weighted by Gasteiger charge is 2.16. The summed E-state index contributed by atoms with van der Waals surface area (Å²) in [6.45, 7) is 5.57. The number of ether oxygens (including phenoxy) is 1. The van der Waals surface area contributed by atoms with Crippen molar-refractivity contribution >= 4 is 35.2 Å². The Morgan fingerprint density at radius 3 is 2.32 bits per heavy atom. The molecule has 166 valence electrons. The lowest BCUT2D eigenvalue weighted by atomic mass is 10.1. The lowest BCUT2D eigenvalue weighted by Gasteiger charge is -2.19. The van der Waals surface area contributed by atoms with Gasteiger partial charge in [0.05, 0.1) is 10.6 Å². The Kier molecular flexibility index (Phi) is 8.38. The smallest absolute Gasteiger partial charge is 0.407 e. The van der Waals surface area contributed by atoms with E-state index >= 15 is 0 Å². The Bertz CT molecular complexity index is 923. The Morgan fingerprint density at radius 2 is 1.71 bits per heavy atom. The van der Waals surface area contributed by atoms with E-state index in [4.69, 9.17) is 16.3 Å². The summed E-state index contributed by atoms with van der Waals surface area (Å²) in [5, 5.41) is 7.87. The highest BCUT2D eigenvalue weighted by atomic mass is 35.5. The molecular weight excluding hydrogens is 425 g/mol. The Labute approximate surface area is 185 Å². The number of amides is 3. The first kappa shape index (κ1) is 24.1. The van der Waals surface area contributed by atoms with Gasteiger partial charge in [0.15, 0.2) is 0 Å². The lowest BCUT2D eigenvalue weighted by molar-refractivity contribution is -0.116. The largest absolute Gasteiger partial charge is 0.444 e. The molecule has 0 aliphatic rings. The molecular formula is C22H25ClFN3O4. The molecule has 0 radical (unpaired) electrons. The zero-order chi connectivity index (χ0) is 23.0. The summed E-state index contributed by atoms with van der Waals surface area (Å²) in [5.41, 5.74) is 0.516. The molecule has 2 aromatic rings. The number of hydrogen-bond acceptors (Lipinski definition) is 4. The molecule has 0 fully saturated rings. The van der Waals surface area contributed by atoms with Crippen molar-refractivity contribution in [2.75, 3.05) is 11.9 Å². The summed E-state index contributed by atoms with van der Waals surface area (Å²) >= 11 is 5.89. The molecule has 0 aromatic heterocycles. The van der Waals surface area contributed by atoms with Crippen LogP contribution in [0.1, 0.15) is 43.1 Å². The molecule has 0 unspecified atom stereocenters. The fraction of sp³-hybridized carbons (Fsp3) is 0.318. The van der Waals surface area contributed by atoms with Crippen molar-refractivity contribution in [2.24, 2.45) is 0 Å². The van der Waals surface area contributed by atoms with Gasteiger partial charge in [-0.25, -0.2) is 9.18 Å². The molecule has 3 N–H and O–H groups in total. The Balaban J connectivity index is 1.78. The van der Waals surface area contributed by atoms with Gasteiger partial charge in [0, 0.05) is 25.2 Å². The second kappa shape index (κ2) is 10.8. The van der Waals surface area contributed by atoms with Gasteiger partial charge in [0.1, 0.15) is 11.4 Å². The molecule has 3 amide bonds. The third-order valence-corrected chi connectivity index (χ3v) is 4.22. The number of anilines is 1. The highest BCUT2D eigenvalue weighted by molar-refractivity contribution is 6.33. The molecule has 0 heterocycles. The molecule has 0 spiro atoms. The zero-order valence-corrected chi connectivity index (χ0v) is 18.3. The van der Waals surface area contributed by atoms with Crippen LogP contribution in [0.4, 0.5) is 14.9 Å². The van der Waals surface area contributed by atoms with Crippen molar-refractivity contribution in [3.8, 4) is 0 Å². The molecule has 2 aromatic carbocycles. The van der Waals surface area contributed by atoms with E-state index in [9.17, 15) is 18.8 Å². The van der Waals surface area contributed by atoms with Gasteiger partial charge >= 0.3 is 6.09 Å². The minimum Gasteiger partial charge on any atom is -0.444 e. The molecule has 2 rings (SSSR count). The van der Waals surface area contributed by atoms with Crippen molar-refractivity contribution in [1.82, 2.24) is 10.6 Å². The standard InChI is InChI=1S/C22H25ClFN3O4/c1-22(2,3)31-21(30)25-12-11-18(28)27-15-9-7-14(8-10-15)13-26-20(29)19-16(23)5-4-6-17(19)24/h4-10H,11-13H2,1-3H3,(H,25,30)(H,26,29)(H,27,28). The van der Waals surface area contributed by atoms with Gasteiger partial charge < -0.3 is 20.7 Å². The van der Waals surface area contributed by atoms with E-state index in [0.717, 1.165) is 5.56 Å². The minimum atomic E-state index is -0.691. The maximum Gasteiger partial charge on any atom is 0.407 e. The molecule has 31 heavy (non-hydrogen) atoms. The Hall–Kier alpha value is -3.13. The maximum atomic E-state index is 13.8. The molecule has 9 heteroatoms. The van der Waals surface area contributed by atoms with Gasteiger partial charge in [-0.15, -0.1) is 0 Å². The van der Waals surface area contributed by atoms with Crippen LogP contribution >= 0.6 is 11.6 Å². The summed E-state index contributed by atoms with van der Waals surface area (Å²) in [5.74, 6) is -1.58. The van der Waals surface area contributed by atoms with Crippen LogP contribution in [0.3, 0.4) is 0 Å². The molecule has 0 aliphatic heterocycles. The SMILES string of the molecule is CC(C)(C)OC(=O)NCCC(=O)Nc1ccc(CNC(=O)c2c(F)cccc2Cl)cc1. The van der Waals surface area contributed by atoms with Crippen molar-refractivity contribution in [3.05, 3.63) is 64.4 Å². The van der Waals surface area contributed by atoms with Crippen molar-refractivity contribution < 1.29 is 23.5 Å². The number of carbonyl (C=O) groups excluding carboxylic acids is 3. The van der Waals surface area contributed by atoms with Crippen molar-refractivity contribution in [3.63, 3.8) is 0 Å². The van der Waals surface area contributed by atoms with Crippen LogP contribution in [0.5, 0.6) is 0 Å². The van der Waals surface area contributed by atoms with Gasteiger partial charge in [-0.2, -0.15) is 0 Å². The molecule has 0 atom stereocenters. The van der Waals surface area contributed by atoms with Crippen LogP contribution in [0.15, 0.2) is 42.5 Å². The van der Waals surface area contributed by atoms with E-state index in [1.165, 1.54) is 18.2 Å². The molecule has 0 saturated carbocycles. The molecule has 7 nitrogen and oxygen atoms in total. The summed E-state index contributed by atoms with van der Waals surface area (Å²) < 4.78 is 18.9. The zero-order valence-electron chi connectivity index (χ0n) is 17.6. The van der Waals surface area contributed by atoms with E-state index in [0.29, 0.717) is 5.69 Å². The van der Waals surface area contributed by atoms with E-state index in [2.05, 4.69) is 16.0 Å². The number of halogens is 2. The van der Waals surface area contributed by atoms with E-state index in [1.54, 1.807) is 45.0 Å². The van der Waals surface area contributed by atoms with Crippen LogP contribution in [0.2, 0.25) is 5.02 Å². The topological polar surface area (TPSA) is 96.5 Å². The first-order valence-electron chi connectivity index (χ1n) is 9.63. The van der Waals surface area contributed by atoms with Crippen LogP contribution in [0.25, 0.3) is 0 Å². The number of carbonyl (C=O) groups is 3. The second-order valence-corrected chi connectivity index (χ2v) is 8.11. The fourth-order valence-electron chi connectivity index (χ4n) is 2.51. The average molecular weight is 450 g/mol. The minimum absolute atomic E-state index is 0.0386. The van der Waals surface area contributed by atoms with Gasteiger partial charge in [0.2, 0.25) is 5.91 Å². The van der Waals surface area contributed by atoms with Crippen LogP contribution in [-0.2, 0) is 16.1 Å². The Morgan fingerprint density at radius 1 is 1.03 bits per heavy atom. The highest BCUT2D eigenvalue weighted by Crippen LogP contribution is 2.19. The summed E-state index contributed by atoms with van der Waals surface area (Å²) in [6.07, 6.45) is -0.496. The number of hydrogen-bond donors (Lipinski definition) is 3. The molecule has 0 saturated heterocycles. The van der Waals surface area contributed by atoms with Crippen LogP contribution in [-0.4, -0.2) is 30.1 Å². The summed E-state index contributed by atoms with van der Waals surface area (Å²) in [4.78, 5) is 35.7. The van der Waals surface area contributed by atoms with Gasteiger partial charge in [-0.3, -0.25) is 9.59 Å². The van der Waals surface area contributed by atoms with E-state index in [-0.39, 0.29) is 36.0 Å². The van der Waals surface area contributed by atoms with Crippen molar-refractivity contribution in [1.29, 1.82) is 0 Å². The van der Waals surface area contributed by atoms with Crippen molar-refractivity contribution in [2.45, 2.75) is 39.3 Å². The number of benzene rings is 2. The van der Waals surface area contributed by atoms with Crippen LogP contribution < -0.4 is 16.0 Å². The van der Waals surface area contributed by atoms with Gasteiger partial charge in [-0.05, 0) is 50.6 Å². The summed E-state index contributed by atoms with van der Waals surface area (Å²) in [7, 11) is 0. The normalized spacial score (nSPS) is 10.9. The fourth-order valence-corrected chi connectivity index (χ4v) is 2.76. The van der Waals surface area contributed by atoms with Crippen LogP contribution in [0, 0.1) is 5.82 Å². The second-order valence-electron chi connectivity index (χ2n) is 7.70. The third kappa shape index (κ3) is 8.25. The van der Waals surface area contributed by atoms with Gasteiger partial charge in [-0.1, -0.05) is 29.8 Å². The maximum absolute atomic E-state index is 13.8. The molecule has 0 aliphatic carbocycles.